The zero-order chi connectivity index (χ0) is 16.4. The Labute approximate surface area is 139 Å². The quantitative estimate of drug-likeness (QED) is 0.793. The van der Waals surface area contributed by atoms with E-state index >= 15 is 0 Å². The van der Waals surface area contributed by atoms with Crippen LogP contribution in [0.25, 0.3) is 0 Å². The van der Waals surface area contributed by atoms with E-state index in [2.05, 4.69) is 29.2 Å². The van der Waals surface area contributed by atoms with Crippen molar-refractivity contribution < 1.29 is 9.53 Å². The molecule has 0 saturated carbocycles. The molecule has 1 saturated heterocycles. The maximum absolute atomic E-state index is 12.2. The van der Waals surface area contributed by atoms with Gasteiger partial charge >= 0.3 is 6.09 Å². The Morgan fingerprint density at radius 3 is 2.52 bits per heavy atom. The number of benzene rings is 1. The van der Waals surface area contributed by atoms with Gasteiger partial charge in [-0.05, 0) is 51.2 Å². The van der Waals surface area contributed by atoms with E-state index in [0.717, 1.165) is 26.2 Å². The molecule has 126 valence electrons. The molecule has 1 aromatic rings. The SMILES string of the molecule is CC(C)(C)OC(=O)N1CCN([C@@H]2CCCc3ccccc32)CC1. The van der Waals surface area contributed by atoms with E-state index < -0.39 is 5.60 Å². The smallest absolute Gasteiger partial charge is 0.410 e. The average Bonchev–Trinajstić information content (AvgIpc) is 2.53. The third-order valence-corrected chi connectivity index (χ3v) is 4.74. The van der Waals surface area contributed by atoms with Crippen molar-refractivity contribution in [2.75, 3.05) is 26.2 Å². The standard InChI is InChI=1S/C19H28N2O2/c1-19(2,3)23-18(22)21-13-11-20(12-14-21)17-10-6-8-15-7-4-5-9-16(15)17/h4-5,7,9,17H,6,8,10-14H2,1-3H3/t17-/m1/s1. The van der Waals surface area contributed by atoms with Gasteiger partial charge in [-0.15, -0.1) is 0 Å². The van der Waals surface area contributed by atoms with Crippen LogP contribution in [-0.2, 0) is 11.2 Å². The number of rotatable bonds is 1. The van der Waals surface area contributed by atoms with Gasteiger partial charge in [0.15, 0.2) is 0 Å². The molecule has 1 heterocycles. The summed E-state index contributed by atoms with van der Waals surface area (Å²) in [7, 11) is 0. The molecule has 0 N–H and O–H groups in total. The molecule has 4 nitrogen and oxygen atoms in total. The van der Waals surface area contributed by atoms with Gasteiger partial charge in [0, 0.05) is 32.2 Å². The summed E-state index contributed by atoms with van der Waals surface area (Å²) < 4.78 is 5.48. The van der Waals surface area contributed by atoms with E-state index in [1.165, 1.54) is 30.4 Å². The fourth-order valence-corrected chi connectivity index (χ4v) is 3.65. The van der Waals surface area contributed by atoms with Gasteiger partial charge in [-0.3, -0.25) is 4.90 Å². The van der Waals surface area contributed by atoms with Crippen molar-refractivity contribution in [3.05, 3.63) is 35.4 Å². The number of aryl methyl sites for hydroxylation is 1. The van der Waals surface area contributed by atoms with Gasteiger partial charge in [0.1, 0.15) is 5.60 Å². The highest BCUT2D eigenvalue weighted by Gasteiger charge is 2.31. The highest BCUT2D eigenvalue weighted by molar-refractivity contribution is 5.68. The predicted molar refractivity (Wildman–Crippen MR) is 91.5 cm³/mol. The van der Waals surface area contributed by atoms with Crippen LogP contribution in [-0.4, -0.2) is 47.7 Å². The van der Waals surface area contributed by atoms with Gasteiger partial charge in [-0.25, -0.2) is 4.79 Å². The fraction of sp³-hybridized carbons (Fsp3) is 0.632. The Hall–Kier alpha value is -1.55. The molecule has 1 amide bonds. The first-order chi connectivity index (χ1) is 10.9. The van der Waals surface area contributed by atoms with Crippen LogP contribution < -0.4 is 0 Å². The number of carbonyl (C=O) groups excluding carboxylic acids is 1. The molecule has 1 aliphatic carbocycles. The second kappa shape index (κ2) is 6.52. The molecule has 3 rings (SSSR count). The van der Waals surface area contributed by atoms with Gasteiger partial charge in [0.05, 0.1) is 0 Å². The van der Waals surface area contributed by atoms with Gasteiger partial charge < -0.3 is 9.64 Å². The normalized spacial score (nSPS) is 22.6. The number of nitrogens with zero attached hydrogens (tertiary/aromatic N) is 2. The Bertz CT molecular complexity index is 557. The molecule has 2 aliphatic rings. The van der Waals surface area contributed by atoms with Crippen molar-refractivity contribution in [2.45, 2.75) is 51.7 Å². The lowest BCUT2D eigenvalue weighted by Crippen LogP contribution is -2.51. The summed E-state index contributed by atoms with van der Waals surface area (Å²) >= 11 is 0. The molecule has 1 atom stereocenters. The number of amides is 1. The number of hydrogen-bond acceptors (Lipinski definition) is 3. The van der Waals surface area contributed by atoms with E-state index in [4.69, 9.17) is 4.74 Å². The molecule has 0 bridgehead atoms. The van der Waals surface area contributed by atoms with Crippen LogP contribution in [0, 0.1) is 0 Å². The van der Waals surface area contributed by atoms with Gasteiger partial charge in [0.25, 0.3) is 0 Å². The van der Waals surface area contributed by atoms with Crippen LogP contribution in [0.15, 0.2) is 24.3 Å². The summed E-state index contributed by atoms with van der Waals surface area (Å²) in [6.07, 6.45) is 3.50. The highest BCUT2D eigenvalue weighted by atomic mass is 16.6. The van der Waals surface area contributed by atoms with Crippen molar-refractivity contribution in [1.29, 1.82) is 0 Å². The summed E-state index contributed by atoms with van der Waals surface area (Å²) in [5, 5.41) is 0. The zero-order valence-electron chi connectivity index (χ0n) is 14.5. The van der Waals surface area contributed by atoms with E-state index in [0.29, 0.717) is 6.04 Å². The number of piperazine rings is 1. The molecule has 0 radical (unpaired) electrons. The third-order valence-electron chi connectivity index (χ3n) is 4.74. The maximum atomic E-state index is 12.2. The first-order valence-electron chi connectivity index (χ1n) is 8.74. The minimum absolute atomic E-state index is 0.179. The lowest BCUT2D eigenvalue weighted by Gasteiger charge is -2.41. The Morgan fingerprint density at radius 1 is 1.13 bits per heavy atom. The molecule has 1 fully saturated rings. The molecule has 23 heavy (non-hydrogen) atoms. The second-order valence-corrected chi connectivity index (χ2v) is 7.61. The third kappa shape index (κ3) is 3.86. The van der Waals surface area contributed by atoms with Crippen molar-refractivity contribution in [1.82, 2.24) is 9.80 Å². The molecule has 1 aromatic carbocycles. The Kier molecular flexibility index (Phi) is 4.62. The molecular formula is C19H28N2O2. The summed E-state index contributed by atoms with van der Waals surface area (Å²) in [5.41, 5.74) is 2.57. The van der Waals surface area contributed by atoms with Crippen LogP contribution in [0.2, 0.25) is 0 Å². The van der Waals surface area contributed by atoms with Gasteiger partial charge in [-0.1, -0.05) is 24.3 Å². The van der Waals surface area contributed by atoms with Crippen LogP contribution >= 0.6 is 0 Å². The minimum Gasteiger partial charge on any atom is -0.444 e. The highest BCUT2D eigenvalue weighted by Crippen LogP contribution is 2.34. The first kappa shape index (κ1) is 16.3. The van der Waals surface area contributed by atoms with E-state index in [1.54, 1.807) is 0 Å². The van der Waals surface area contributed by atoms with Crippen molar-refractivity contribution >= 4 is 6.09 Å². The number of hydrogen-bond donors (Lipinski definition) is 0. The van der Waals surface area contributed by atoms with Crippen LogP contribution in [0.4, 0.5) is 4.79 Å². The minimum atomic E-state index is -0.420. The molecule has 0 unspecified atom stereocenters. The van der Waals surface area contributed by atoms with Crippen LogP contribution in [0.1, 0.15) is 50.8 Å². The largest absolute Gasteiger partial charge is 0.444 e. The van der Waals surface area contributed by atoms with Gasteiger partial charge in [0.2, 0.25) is 0 Å². The Balaban J connectivity index is 1.61. The Morgan fingerprint density at radius 2 is 1.83 bits per heavy atom. The van der Waals surface area contributed by atoms with Crippen LogP contribution in [0.5, 0.6) is 0 Å². The van der Waals surface area contributed by atoms with E-state index in [1.807, 2.05) is 25.7 Å². The summed E-state index contributed by atoms with van der Waals surface area (Å²) in [6, 6.07) is 9.34. The maximum Gasteiger partial charge on any atom is 0.410 e. The summed E-state index contributed by atoms with van der Waals surface area (Å²) in [6.45, 7) is 9.12. The number of carbonyl (C=O) groups is 1. The first-order valence-corrected chi connectivity index (χ1v) is 8.74. The topological polar surface area (TPSA) is 32.8 Å². The van der Waals surface area contributed by atoms with Crippen molar-refractivity contribution in [3.63, 3.8) is 0 Å². The lowest BCUT2D eigenvalue weighted by atomic mass is 9.86. The lowest BCUT2D eigenvalue weighted by molar-refractivity contribution is 0.00927. The van der Waals surface area contributed by atoms with Crippen molar-refractivity contribution in [3.8, 4) is 0 Å². The molecule has 0 spiro atoms. The number of ether oxygens (including phenoxy) is 1. The van der Waals surface area contributed by atoms with Crippen LogP contribution in [0.3, 0.4) is 0 Å². The average molecular weight is 316 g/mol. The molecule has 4 heteroatoms. The van der Waals surface area contributed by atoms with Gasteiger partial charge in [-0.2, -0.15) is 0 Å². The molecule has 1 aliphatic heterocycles. The molecule has 0 aromatic heterocycles. The van der Waals surface area contributed by atoms with E-state index in [9.17, 15) is 4.79 Å². The van der Waals surface area contributed by atoms with E-state index in [-0.39, 0.29) is 6.09 Å². The molecular weight excluding hydrogens is 288 g/mol. The summed E-state index contributed by atoms with van der Waals surface area (Å²) in [4.78, 5) is 16.6. The van der Waals surface area contributed by atoms with Crippen molar-refractivity contribution in [2.24, 2.45) is 0 Å². The second-order valence-electron chi connectivity index (χ2n) is 7.61. The predicted octanol–water partition coefficient (Wildman–Crippen LogP) is 3.62. The fourth-order valence-electron chi connectivity index (χ4n) is 3.65. The monoisotopic (exact) mass is 316 g/mol. The number of fused-ring (bicyclic) bond motifs is 1. The zero-order valence-corrected chi connectivity index (χ0v) is 14.5. The summed E-state index contributed by atoms with van der Waals surface area (Å²) in [5.74, 6) is 0.